The minimum atomic E-state index is -3.70. The van der Waals surface area contributed by atoms with Gasteiger partial charge in [-0.05, 0) is 40.2 Å². The Morgan fingerprint density at radius 2 is 1.52 bits per heavy atom. The van der Waals surface area contributed by atoms with Crippen LogP contribution < -0.4 is 0 Å². The van der Waals surface area contributed by atoms with Gasteiger partial charge in [0.25, 0.3) is 0 Å². The summed E-state index contributed by atoms with van der Waals surface area (Å²) in [5.74, 6) is -5.16. The predicted octanol–water partition coefficient (Wildman–Crippen LogP) is 5.59. The number of hydrogen-bond donors (Lipinski definition) is 1. The van der Waals surface area contributed by atoms with Gasteiger partial charge >= 0.3 is 4.83 Å². The molecule has 0 aromatic heterocycles. The van der Waals surface area contributed by atoms with Crippen molar-refractivity contribution in [1.29, 1.82) is 0 Å². The SMILES string of the molecule is Fc1ccc(C(F)(F)Br)c(F)c1F.Oc1ccccc1Cl. The second kappa shape index (κ2) is 7.09. The molecule has 2 aromatic rings. The Labute approximate surface area is 130 Å². The summed E-state index contributed by atoms with van der Waals surface area (Å²) in [6.45, 7) is 0. The van der Waals surface area contributed by atoms with Crippen molar-refractivity contribution in [1.82, 2.24) is 0 Å². The Morgan fingerprint density at radius 3 is 1.95 bits per heavy atom. The summed E-state index contributed by atoms with van der Waals surface area (Å²) in [4.78, 5) is -3.70. The van der Waals surface area contributed by atoms with Gasteiger partial charge in [-0.2, -0.15) is 8.78 Å². The first-order valence-electron chi connectivity index (χ1n) is 5.28. The minimum absolute atomic E-state index is 0.133. The van der Waals surface area contributed by atoms with Crippen molar-refractivity contribution in [3.63, 3.8) is 0 Å². The van der Waals surface area contributed by atoms with Crippen LogP contribution in [0.5, 0.6) is 5.75 Å². The number of rotatable bonds is 1. The van der Waals surface area contributed by atoms with E-state index in [1.165, 1.54) is 0 Å². The fourth-order valence-electron chi connectivity index (χ4n) is 1.20. The molecule has 0 heterocycles. The van der Waals surface area contributed by atoms with Crippen molar-refractivity contribution in [2.75, 3.05) is 0 Å². The number of alkyl halides is 3. The normalized spacial score (nSPS) is 10.8. The number of phenols is 1. The van der Waals surface area contributed by atoms with Crippen LogP contribution in [0.4, 0.5) is 22.0 Å². The number of benzene rings is 2. The molecule has 0 bridgehead atoms. The summed E-state index contributed by atoms with van der Waals surface area (Å²) in [6, 6.07) is 7.58. The highest BCUT2D eigenvalue weighted by atomic mass is 79.9. The van der Waals surface area contributed by atoms with Gasteiger partial charge in [0.2, 0.25) is 0 Å². The summed E-state index contributed by atoms with van der Waals surface area (Å²) in [6.07, 6.45) is 0. The molecule has 0 atom stereocenters. The Hall–Kier alpha value is -1.34. The lowest BCUT2D eigenvalue weighted by atomic mass is 10.2. The van der Waals surface area contributed by atoms with Crippen LogP contribution in [-0.4, -0.2) is 5.11 Å². The van der Waals surface area contributed by atoms with Gasteiger partial charge in [0, 0.05) is 0 Å². The molecular weight excluding hydrogens is 382 g/mol. The third-order valence-electron chi connectivity index (χ3n) is 2.19. The van der Waals surface area contributed by atoms with Gasteiger partial charge in [-0.1, -0.05) is 23.7 Å². The van der Waals surface area contributed by atoms with Crippen LogP contribution in [0.1, 0.15) is 5.56 Å². The van der Waals surface area contributed by atoms with Crippen LogP contribution in [0.15, 0.2) is 36.4 Å². The van der Waals surface area contributed by atoms with Crippen molar-refractivity contribution < 1.29 is 27.1 Å². The molecule has 114 valence electrons. The molecule has 0 amide bonds. The Morgan fingerprint density at radius 1 is 0.952 bits per heavy atom. The monoisotopic (exact) mass is 388 g/mol. The van der Waals surface area contributed by atoms with Crippen LogP contribution in [0.25, 0.3) is 0 Å². The van der Waals surface area contributed by atoms with E-state index in [1.54, 1.807) is 24.3 Å². The number of hydrogen-bond acceptors (Lipinski definition) is 1. The lowest BCUT2D eigenvalue weighted by molar-refractivity contribution is 0.108. The molecule has 0 spiro atoms. The molecule has 0 radical (unpaired) electrons. The third-order valence-corrected chi connectivity index (χ3v) is 2.94. The molecule has 1 nitrogen and oxygen atoms in total. The summed E-state index contributed by atoms with van der Waals surface area (Å²) in [5, 5.41) is 9.18. The van der Waals surface area contributed by atoms with E-state index in [4.69, 9.17) is 16.7 Å². The van der Waals surface area contributed by atoms with E-state index < -0.39 is 27.8 Å². The lowest BCUT2D eigenvalue weighted by Crippen LogP contribution is -2.08. The molecule has 0 aliphatic rings. The quantitative estimate of drug-likeness (QED) is 0.383. The fraction of sp³-hybridized carbons (Fsp3) is 0.0769. The largest absolute Gasteiger partial charge is 0.506 e. The second-order valence-corrected chi connectivity index (χ2v) is 5.08. The summed E-state index contributed by atoms with van der Waals surface area (Å²) < 4.78 is 62.2. The first kappa shape index (κ1) is 17.7. The van der Waals surface area contributed by atoms with Crippen LogP contribution in [0, 0.1) is 17.5 Å². The summed E-state index contributed by atoms with van der Waals surface area (Å²) in [7, 11) is 0. The van der Waals surface area contributed by atoms with Gasteiger partial charge in [-0.3, -0.25) is 0 Å². The zero-order valence-corrected chi connectivity index (χ0v) is 12.4. The molecular formula is C13H7BrClF5O. The Balaban J connectivity index is 0.000000235. The van der Waals surface area contributed by atoms with Crippen LogP contribution in [0.2, 0.25) is 5.02 Å². The number of aromatic hydroxyl groups is 1. The number of halogens is 7. The lowest BCUT2D eigenvalue weighted by Gasteiger charge is -2.09. The van der Waals surface area contributed by atoms with Crippen molar-refractivity contribution >= 4 is 27.5 Å². The molecule has 0 aliphatic heterocycles. The van der Waals surface area contributed by atoms with Crippen molar-refractivity contribution in [2.45, 2.75) is 4.83 Å². The fourth-order valence-corrected chi connectivity index (χ4v) is 1.64. The average molecular weight is 390 g/mol. The average Bonchev–Trinajstić information content (AvgIpc) is 2.39. The molecule has 21 heavy (non-hydrogen) atoms. The van der Waals surface area contributed by atoms with Crippen molar-refractivity contribution in [2.24, 2.45) is 0 Å². The third kappa shape index (κ3) is 4.86. The first-order valence-corrected chi connectivity index (χ1v) is 6.46. The highest BCUT2D eigenvalue weighted by Crippen LogP contribution is 2.36. The van der Waals surface area contributed by atoms with Crippen LogP contribution >= 0.6 is 27.5 Å². The molecule has 1 N–H and O–H groups in total. The smallest absolute Gasteiger partial charge is 0.329 e. The molecule has 0 fully saturated rings. The topological polar surface area (TPSA) is 20.2 Å². The van der Waals surface area contributed by atoms with Crippen LogP contribution in [0.3, 0.4) is 0 Å². The predicted molar refractivity (Wildman–Crippen MR) is 72.3 cm³/mol. The Bertz CT molecular complexity index is 609. The van der Waals surface area contributed by atoms with Gasteiger partial charge < -0.3 is 5.11 Å². The van der Waals surface area contributed by atoms with Gasteiger partial charge in [-0.15, -0.1) is 0 Å². The standard InChI is InChI=1S/C7H2BrF5.C6H5ClO/c8-7(12,13)3-1-2-4(9)6(11)5(3)10;7-5-3-1-2-4-6(5)8/h1-2H;1-4,8H. The molecule has 8 heteroatoms. The van der Waals surface area contributed by atoms with Gasteiger partial charge in [-0.25, -0.2) is 13.2 Å². The van der Waals surface area contributed by atoms with Crippen molar-refractivity contribution in [3.05, 3.63) is 64.4 Å². The van der Waals surface area contributed by atoms with Crippen molar-refractivity contribution in [3.8, 4) is 5.75 Å². The highest BCUT2D eigenvalue weighted by Gasteiger charge is 2.33. The van der Waals surface area contributed by atoms with E-state index in [1.807, 2.05) is 15.9 Å². The first-order chi connectivity index (χ1) is 9.64. The second-order valence-electron chi connectivity index (χ2n) is 3.67. The summed E-state index contributed by atoms with van der Waals surface area (Å²) in [5.41, 5.74) is -1.23. The molecule has 0 unspecified atom stereocenters. The zero-order chi connectivity index (χ0) is 16.2. The van der Waals surface area contributed by atoms with E-state index in [0.717, 1.165) is 0 Å². The van der Waals surface area contributed by atoms with Gasteiger partial charge in [0.1, 0.15) is 5.75 Å². The van der Waals surface area contributed by atoms with E-state index >= 15 is 0 Å². The summed E-state index contributed by atoms with van der Waals surface area (Å²) >= 11 is 7.29. The van der Waals surface area contributed by atoms with E-state index in [-0.39, 0.29) is 5.75 Å². The van der Waals surface area contributed by atoms with E-state index in [0.29, 0.717) is 17.2 Å². The number of para-hydroxylation sites is 1. The van der Waals surface area contributed by atoms with E-state index in [2.05, 4.69) is 0 Å². The molecule has 0 saturated carbocycles. The van der Waals surface area contributed by atoms with Gasteiger partial charge in [0.05, 0.1) is 10.6 Å². The minimum Gasteiger partial charge on any atom is -0.506 e. The Kier molecular flexibility index (Phi) is 5.98. The maximum Gasteiger partial charge on any atom is 0.329 e. The molecule has 0 aliphatic carbocycles. The van der Waals surface area contributed by atoms with Crippen LogP contribution in [-0.2, 0) is 4.83 Å². The zero-order valence-electron chi connectivity index (χ0n) is 10.1. The molecule has 2 aromatic carbocycles. The van der Waals surface area contributed by atoms with Gasteiger partial charge in [0.15, 0.2) is 17.5 Å². The molecule has 2 rings (SSSR count). The molecule has 0 saturated heterocycles. The maximum absolute atomic E-state index is 12.6. The maximum atomic E-state index is 12.6. The highest BCUT2D eigenvalue weighted by molar-refractivity contribution is 9.09. The number of phenolic OH excluding ortho intramolecular Hbond substituents is 1. The van der Waals surface area contributed by atoms with E-state index in [9.17, 15) is 22.0 Å².